The van der Waals surface area contributed by atoms with Gasteiger partial charge in [0.25, 0.3) is 0 Å². The molecule has 0 aromatic carbocycles. The fourth-order valence-electron chi connectivity index (χ4n) is 1.97. The van der Waals surface area contributed by atoms with E-state index in [1.165, 1.54) is 24.1 Å². The minimum absolute atomic E-state index is 0.0659. The van der Waals surface area contributed by atoms with Gasteiger partial charge in [-0.25, -0.2) is 0 Å². The summed E-state index contributed by atoms with van der Waals surface area (Å²) in [7, 11) is 0. The number of thioether (sulfide) groups is 1. The van der Waals surface area contributed by atoms with Gasteiger partial charge in [0.2, 0.25) is 5.91 Å². The van der Waals surface area contributed by atoms with Gasteiger partial charge in [-0.15, -0.1) is 0 Å². The average Bonchev–Trinajstić information content (AvgIpc) is 2.69. The number of carbonyl (C=O) groups is 2. The van der Waals surface area contributed by atoms with Crippen LogP contribution in [0.4, 0.5) is 11.4 Å². The van der Waals surface area contributed by atoms with E-state index in [0.29, 0.717) is 6.54 Å². The fourth-order valence-corrected chi connectivity index (χ4v) is 2.89. The lowest BCUT2D eigenvalue weighted by atomic mass is 10.3. The van der Waals surface area contributed by atoms with Crippen LogP contribution in [0.3, 0.4) is 0 Å². The van der Waals surface area contributed by atoms with Crippen molar-refractivity contribution in [2.24, 2.45) is 0 Å². The van der Waals surface area contributed by atoms with Crippen LogP contribution in [0, 0.1) is 10.1 Å². The molecule has 0 spiro atoms. The smallest absolute Gasteiger partial charge is 0.305 e. The molecule has 0 radical (unpaired) electrons. The van der Waals surface area contributed by atoms with Crippen LogP contribution in [0.5, 0.6) is 0 Å². The van der Waals surface area contributed by atoms with Crippen molar-refractivity contribution >= 4 is 34.2 Å². The molecule has 2 heterocycles. The first-order chi connectivity index (χ1) is 8.99. The summed E-state index contributed by atoms with van der Waals surface area (Å²) in [6.45, 7) is 1.74. The number of rotatable bonds is 3. The Bertz CT molecular complexity index is 548. The lowest BCUT2D eigenvalue weighted by Crippen LogP contribution is -2.25. The first-order valence-corrected chi connectivity index (χ1v) is 6.43. The molecule has 100 valence electrons. The quantitative estimate of drug-likeness (QED) is 0.613. The highest BCUT2D eigenvalue weighted by molar-refractivity contribution is 8.14. The first kappa shape index (κ1) is 13.5. The van der Waals surface area contributed by atoms with Crippen molar-refractivity contribution in [2.45, 2.75) is 18.6 Å². The topological polar surface area (TPSA) is 93.4 Å². The van der Waals surface area contributed by atoms with Crippen LogP contribution in [-0.2, 0) is 9.59 Å². The van der Waals surface area contributed by atoms with E-state index in [1.807, 2.05) is 0 Å². The number of nitrogens with zero attached hydrogens (tertiary/aromatic N) is 3. The van der Waals surface area contributed by atoms with Crippen molar-refractivity contribution in [1.29, 1.82) is 0 Å². The Morgan fingerprint density at radius 3 is 3.00 bits per heavy atom. The summed E-state index contributed by atoms with van der Waals surface area (Å²) in [4.78, 5) is 38.3. The molecule has 1 unspecified atom stereocenters. The van der Waals surface area contributed by atoms with Gasteiger partial charge in [0.15, 0.2) is 5.12 Å². The van der Waals surface area contributed by atoms with Crippen LogP contribution in [0.15, 0.2) is 18.5 Å². The normalized spacial score (nSPS) is 18.7. The van der Waals surface area contributed by atoms with Gasteiger partial charge in [-0.1, -0.05) is 11.8 Å². The van der Waals surface area contributed by atoms with Crippen LogP contribution in [-0.4, -0.2) is 32.7 Å². The predicted octanol–water partition coefficient (Wildman–Crippen LogP) is 1.37. The van der Waals surface area contributed by atoms with Crippen molar-refractivity contribution in [2.75, 3.05) is 11.4 Å². The number of nitro groups is 1. The molecule has 1 aliphatic heterocycles. The van der Waals surface area contributed by atoms with Gasteiger partial charge in [0.05, 0.1) is 4.92 Å². The average molecular weight is 281 g/mol. The van der Waals surface area contributed by atoms with E-state index in [4.69, 9.17) is 0 Å². The summed E-state index contributed by atoms with van der Waals surface area (Å²) in [6, 6.07) is 1.44. The van der Waals surface area contributed by atoms with Crippen LogP contribution in [0.2, 0.25) is 0 Å². The van der Waals surface area contributed by atoms with E-state index in [0.717, 1.165) is 18.0 Å². The molecule has 0 saturated carbocycles. The van der Waals surface area contributed by atoms with Gasteiger partial charge in [0, 0.05) is 31.3 Å². The first-order valence-electron chi connectivity index (χ1n) is 5.55. The van der Waals surface area contributed by atoms with Crippen molar-refractivity contribution in [3.05, 3.63) is 28.6 Å². The number of anilines is 1. The van der Waals surface area contributed by atoms with Crippen LogP contribution >= 0.6 is 11.8 Å². The SMILES string of the molecule is CC(=O)SC1CC(=O)N(c2ccncc2[N+](=O)[O-])C1. The van der Waals surface area contributed by atoms with Gasteiger partial charge in [0.1, 0.15) is 11.9 Å². The Hall–Kier alpha value is -1.96. The predicted molar refractivity (Wildman–Crippen MR) is 69.9 cm³/mol. The summed E-state index contributed by atoms with van der Waals surface area (Å²) >= 11 is 1.09. The highest BCUT2D eigenvalue weighted by Gasteiger charge is 2.35. The Morgan fingerprint density at radius 2 is 2.37 bits per heavy atom. The van der Waals surface area contributed by atoms with Crippen LogP contribution in [0.1, 0.15) is 13.3 Å². The van der Waals surface area contributed by atoms with E-state index in [1.54, 1.807) is 0 Å². The van der Waals surface area contributed by atoms with Gasteiger partial charge < -0.3 is 4.90 Å². The minimum Gasteiger partial charge on any atom is -0.305 e. The monoisotopic (exact) mass is 281 g/mol. The molecule has 1 amide bonds. The fraction of sp³-hybridized carbons (Fsp3) is 0.364. The molecule has 1 atom stereocenters. The van der Waals surface area contributed by atoms with Crippen LogP contribution in [0.25, 0.3) is 0 Å². The molecule has 1 fully saturated rings. The number of pyridine rings is 1. The molecule has 0 aliphatic carbocycles. The lowest BCUT2D eigenvalue weighted by molar-refractivity contribution is -0.384. The number of aromatic nitrogens is 1. The molecule has 0 bridgehead atoms. The van der Waals surface area contributed by atoms with Gasteiger partial charge in [-0.3, -0.25) is 24.7 Å². The lowest BCUT2D eigenvalue weighted by Gasteiger charge is -2.15. The summed E-state index contributed by atoms with van der Waals surface area (Å²) < 4.78 is 0. The molecular weight excluding hydrogens is 270 g/mol. The molecule has 2 rings (SSSR count). The van der Waals surface area contributed by atoms with E-state index in [2.05, 4.69) is 4.98 Å². The zero-order valence-corrected chi connectivity index (χ0v) is 10.9. The molecule has 0 N–H and O–H groups in total. The Labute approximate surface area is 113 Å². The maximum atomic E-state index is 11.9. The van der Waals surface area contributed by atoms with E-state index in [9.17, 15) is 19.7 Å². The molecule has 1 aliphatic rings. The van der Waals surface area contributed by atoms with Crippen LogP contribution < -0.4 is 4.90 Å². The molecular formula is C11H11N3O4S. The number of amides is 1. The number of hydrogen-bond donors (Lipinski definition) is 0. The second-order valence-corrected chi connectivity index (χ2v) is 5.54. The second-order valence-electron chi connectivity index (χ2n) is 4.06. The van der Waals surface area contributed by atoms with Crippen molar-refractivity contribution < 1.29 is 14.5 Å². The van der Waals surface area contributed by atoms with Gasteiger partial charge >= 0.3 is 5.69 Å². The molecule has 7 nitrogen and oxygen atoms in total. The van der Waals surface area contributed by atoms with E-state index in [-0.39, 0.29) is 34.1 Å². The van der Waals surface area contributed by atoms with E-state index >= 15 is 0 Å². The summed E-state index contributed by atoms with van der Waals surface area (Å²) in [5, 5.41) is 10.7. The second kappa shape index (κ2) is 5.35. The van der Waals surface area contributed by atoms with Crippen molar-refractivity contribution in [3.8, 4) is 0 Å². The zero-order valence-electron chi connectivity index (χ0n) is 10.1. The maximum Gasteiger partial charge on any atom is 0.311 e. The van der Waals surface area contributed by atoms with E-state index < -0.39 is 4.92 Å². The summed E-state index contributed by atoms with van der Waals surface area (Å²) in [5.74, 6) is -0.215. The molecule has 8 heteroatoms. The third kappa shape index (κ3) is 2.90. The molecule has 19 heavy (non-hydrogen) atoms. The van der Waals surface area contributed by atoms with Crippen molar-refractivity contribution in [3.63, 3.8) is 0 Å². The molecule has 1 saturated heterocycles. The van der Waals surface area contributed by atoms with Gasteiger partial charge in [-0.2, -0.15) is 0 Å². The Morgan fingerprint density at radius 1 is 1.63 bits per heavy atom. The minimum atomic E-state index is -0.568. The van der Waals surface area contributed by atoms with Gasteiger partial charge in [-0.05, 0) is 6.07 Å². The number of hydrogen-bond acceptors (Lipinski definition) is 6. The summed E-state index contributed by atoms with van der Waals surface area (Å²) in [5.41, 5.74) is 0.0287. The standard InChI is InChI=1S/C11H11N3O4S/c1-7(15)19-8-4-11(16)13(6-8)9-2-3-12-5-10(9)14(17)18/h2-3,5,8H,4,6H2,1H3. The van der Waals surface area contributed by atoms with Crippen molar-refractivity contribution in [1.82, 2.24) is 4.98 Å². The third-order valence-corrected chi connectivity index (χ3v) is 3.67. The molecule has 1 aromatic heterocycles. The Balaban J connectivity index is 2.26. The highest BCUT2D eigenvalue weighted by Crippen LogP contribution is 2.33. The Kier molecular flexibility index (Phi) is 3.79. The zero-order chi connectivity index (χ0) is 14.0. The maximum absolute atomic E-state index is 11.9. The molecule has 1 aromatic rings. The highest BCUT2D eigenvalue weighted by atomic mass is 32.2. The third-order valence-electron chi connectivity index (χ3n) is 2.69. The summed E-state index contributed by atoms with van der Waals surface area (Å²) in [6.07, 6.45) is 2.73. The number of carbonyl (C=O) groups excluding carboxylic acids is 2. The largest absolute Gasteiger partial charge is 0.311 e.